The van der Waals surface area contributed by atoms with E-state index >= 15 is 0 Å². The average molecular weight is 870 g/mol. The van der Waals surface area contributed by atoms with Crippen LogP contribution in [-0.2, 0) is 23.9 Å². The molecule has 1 aromatic carbocycles. The molecule has 1 aromatic rings. The number of ketones is 1. The first-order chi connectivity index (χ1) is 17.7. The lowest BCUT2D eigenvalue weighted by molar-refractivity contribution is -0.145. The number of benzene rings is 1. The van der Waals surface area contributed by atoms with Gasteiger partial charge in [-0.15, -0.1) is 0 Å². The van der Waals surface area contributed by atoms with E-state index in [0.29, 0.717) is 48.0 Å². The first-order valence-corrected chi connectivity index (χ1v) is 15.1. The van der Waals surface area contributed by atoms with Gasteiger partial charge in [0.1, 0.15) is 6.10 Å². The Morgan fingerprint density at radius 3 is 1.87 bits per heavy atom. The van der Waals surface area contributed by atoms with Crippen LogP contribution in [0.3, 0.4) is 0 Å². The summed E-state index contributed by atoms with van der Waals surface area (Å²) >= 11 is 5.84. The Hall–Kier alpha value is -1.12. The zero-order valence-corrected chi connectivity index (χ0v) is 28.3. The number of anilines is 2. The standard InChI is InChI=1S/C24H33I3N4O7/c1-6-29-24(23(36)37,9-7-8-10-28-11-12(2)38-15(5)34)22(35)16-17(25)20(30-13(3)32)19(27)21(18(16)26)31-14(4)33/h12,28-29H,6-11H2,1-5H3,(H,30,32)(H,31,33)(H,36,37)/t12?,24-/m1/s1. The maximum Gasteiger partial charge on any atom is 0.332 e. The molecule has 0 heterocycles. The van der Waals surface area contributed by atoms with E-state index in [0.717, 1.165) is 0 Å². The number of rotatable bonds is 15. The molecule has 14 heteroatoms. The van der Waals surface area contributed by atoms with Gasteiger partial charge in [0.15, 0.2) is 11.3 Å². The number of nitrogens with one attached hydrogen (secondary N) is 4. The van der Waals surface area contributed by atoms with Gasteiger partial charge < -0.3 is 25.8 Å². The maximum absolute atomic E-state index is 14.1. The van der Waals surface area contributed by atoms with Crippen molar-refractivity contribution in [3.8, 4) is 0 Å². The van der Waals surface area contributed by atoms with Gasteiger partial charge in [-0.2, -0.15) is 0 Å². The smallest absolute Gasteiger partial charge is 0.332 e. The summed E-state index contributed by atoms with van der Waals surface area (Å²) in [6.07, 6.45) is 0.707. The number of Topliss-reactive ketones (excluding diaryl/α,β-unsaturated/α-hetero) is 1. The second-order valence-corrected chi connectivity index (χ2v) is 11.8. The summed E-state index contributed by atoms with van der Waals surface area (Å²) in [5, 5.41) is 21.8. The minimum Gasteiger partial charge on any atom is -0.480 e. The Bertz CT molecular complexity index is 1040. The van der Waals surface area contributed by atoms with Crippen LogP contribution in [0.4, 0.5) is 11.4 Å². The Morgan fingerprint density at radius 1 is 0.921 bits per heavy atom. The van der Waals surface area contributed by atoms with E-state index in [9.17, 15) is 29.1 Å². The number of carboxylic acids is 1. The molecule has 0 aliphatic heterocycles. The molecule has 11 nitrogen and oxygen atoms in total. The third-order valence-corrected chi connectivity index (χ3v) is 8.57. The predicted molar refractivity (Wildman–Crippen MR) is 170 cm³/mol. The number of likely N-dealkylation sites (N-methyl/N-ethyl adjacent to an activating group) is 1. The zero-order chi connectivity index (χ0) is 29.2. The van der Waals surface area contributed by atoms with Gasteiger partial charge in [0.25, 0.3) is 0 Å². The fourth-order valence-corrected chi connectivity index (χ4v) is 7.98. The molecule has 1 rings (SSSR count). The Balaban J connectivity index is 3.38. The van der Waals surface area contributed by atoms with Gasteiger partial charge in [0, 0.05) is 34.5 Å². The molecule has 0 bridgehead atoms. The number of amides is 2. The van der Waals surface area contributed by atoms with E-state index in [1.807, 2.05) is 67.8 Å². The Morgan fingerprint density at radius 2 is 1.45 bits per heavy atom. The fourth-order valence-electron chi connectivity index (χ4n) is 3.78. The number of carbonyl (C=O) groups excluding carboxylic acids is 4. The third kappa shape index (κ3) is 9.51. The van der Waals surface area contributed by atoms with E-state index in [-0.39, 0.29) is 42.4 Å². The van der Waals surface area contributed by atoms with Crippen LogP contribution in [0.1, 0.15) is 64.2 Å². The maximum atomic E-state index is 14.1. The van der Waals surface area contributed by atoms with Crippen molar-refractivity contribution < 1.29 is 33.8 Å². The second-order valence-electron chi connectivity index (χ2n) is 8.58. The van der Waals surface area contributed by atoms with Gasteiger partial charge >= 0.3 is 11.9 Å². The lowest BCUT2D eigenvalue weighted by Crippen LogP contribution is -2.58. The van der Waals surface area contributed by atoms with E-state index in [4.69, 9.17) is 4.74 Å². The molecule has 0 aliphatic rings. The first-order valence-electron chi connectivity index (χ1n) is 11.9. The number of unbranched alkanes of at least 4 members (excludes halogenated alkanes) is 1. The molecule has 2 amide bonds. The summed E-state index contributed by atoms with van der Waals surface area (Å²) in [7, 11) is 0. The summed E-state index contributed by atoms with van der Waals surface area (Å²) in [5.74, 6) is -3.08. The van der Waals surface area contributed by atoms with Gasteiger partial charge in [-0.1, -0.05) is 6.92 Å². The molecular weight excluding hydrogens is 837 g/mol. The molecule has 2 atom stereocenters. The van der Waals surface area contributed by atoms with Gasteiger partial charge in [0.2, 0.25) is 11.8 Å². The van der Waals surface area contributed by atoms with Gasteiger partial charge in [-0.05, 0) is 107 Å². The number of halogens is 3. The van der Waals surface area contributed by atoms with Crippen LogP contribution >= 0.6 is 67.8 Å². The third-order valence-electron chi connectivity index (χ3n) is 5.33. The number of hydrogen-bond donors (Lipinski definition) is 5. The number of hydrogen-bond acceptors (Lipinski definition) is 8. The number of aliphatic carboxylic acids is 1. The highest BCUT2D eigenvalue weighted by molar-refractivity contribution is 14.1. The normalized spacial score (nSPS) is 13.3. The number of carboxylic acid groups (broad SMARTS) is 1. The van der Waals surface area contributed by atoms with Crippen LogP contribution in [0.2, 0.25) is 0 Å². The molecule has 0 spiro atoms. The van der Waals surface area contributed by atoms with E-state index in [2.05, 4.69) is 21.3 Å². The highest BCUT2D eigenvalue weighted by Gasteiger charge is 2.47. The monoisotopic (exact) mass is 870 g/mol. The topological polar surface area (TPSA) is 163 Å². The molecule has 1 unspecified atom stereocenters. The minimum atomic E-state index is -1.92. The highest BCUT2D eigenvalue weighted by atomic mass is 127. The van der Waals surface area contributed by atoms with Crippen LogP contribution in [-0.4, -0.2) is 65.9 Å². The molecule has 5 N–H and O–H groups in total. The van der Waals surface area contributed by atoms with Crippen LogP contribution in [0, 0.1) is 10.7 Å². The van der Waals surface area contributed by atoms with Crippen molar-refractivity contribution in [3.63, 3.8) is 0 Å². The summed E-state index contributed by atoms with van der Waals surface area (Å²) in [6, 6.07) is 0. The summed E-state index contributed by atoms with van der Waals surface area (Å²) < 4.78 is 6.36. The summed E-state index contributed by atoms with van der Waals surface area (Å²) in [4.78, 5) is 61.6. The fraction of sp³-hybridized carbons (Fsp3) is 0.542. The zero-order valence-electron chi connectivity index (χ0n) is 21.9. The van der Waals surface area contributed by atoms with Gasteiger partial charge in [-0.25, -0.2) is 4.79 Å². The molecule has 212 valence electrons. The first kappa shape index (κ1) is 34.9. The summed E-state index contributed by atoms with van der Waals surface area (Å²) in [5.41, 5.74) is -1.16. The molecule has 0 saturated heterocycles. The number of carbonyl (C=O) groups is 5. The number of esters is 1. The van der Waals surface area contributed by atoms with E-state index in [1.54, 1.807) is 13.8 Å². The van der Waals surface area contributed by atoms with Crippen LogP contribution in [0.5, 0.6) is 0 Å². The van der Waals surface area contributed by atoms with Gasteiger partial charge in [-0.3, -0.25) is 24.5 Å². The molecule has 0 aromatic heterocycles. The van der Waals surface area contributed by atoms with Crippen molar-refractivity contribution in [1.29, 1.82) is 0 Å². The molecule has 0 aliphatic carbocycles. The van der Waals surface area contributed by atoms with Crippen molar-refractivity contribution in [1.82, 2.24) is 10.6 Å². The largest absolute Gasteiger partial charge is 0.480 e. The predicted octanol–water partition coefficient (Wildman–Crippen LogP) is 3.74. The quantitative estimate of drug-likeness (QED) is 0.0582. The molecule has 0 radical (unpaired) electrons. The van der Waals surface area contributed by atoms with E-state index < -0.39 is 17.3 Å². The molecule has 0 fully saturated rings. The Kier molecular flexibility index (Phi) is 14.9. The van der Waals surface area contributed by atoms with E-state index in [1.165, 1.54) is 20.8 Å². The van der Waals surface area contributed by atoms with Gasteiger partial charge in [0.05, 0.1) is 20.5 Å². The van der Waals surface area contributed by atoms with Crippen molar-refractivity contribution in [2.45, 2.75) is 65.5 Å². The van der Waals surface area contributed by atoms with Crippen molar-refractivity contribution in [2.24, 2.45) is 0 Å². The van der Waals surface area contributed by atoms with Crippen molar-refractivity contribution in [3.05, 3.63) is 16.3 Å². The van der Waals surface area contributed by atoms with Crippen molar-refractivity contribution >= 4 is 109 Å². The van der Waals surface area contributed by atoms with Crippen LogP contribution < -0.4 is 21.3 Å². The second kappa shape index (κ2) is 16.2. The molecule has 38 heavy (non-hydrogen) atoms. The van der Waals surface area contributed by atoms with Crippen molar-refractivity contribution in [2.75, 3.05) is 30.3 Å². The number of ether oxygens (including phenoxy) is 1. The SMILES string of the molecule is CCN[C@@](CCCCNCC(C)OC(C)=O)(C(=O)O)C(=O)c1c(I)c(NC(C)=O)c(I)c(NC(C)=O)c1I. The lowest BCUT2D eigenvalue weighted by Gasteiger charge is -2.31. The minimum absolute atomic E-state index is 0.0132. The summed E-state index contributed by atoms with van der Waals surface area (Å²) in [6.45, 7) is 8.70. The Labute approximate surface area is 263 Å². The lowest BCUT2D eigenvalue weighted by atomic mass is 9.84. The molecule has 0 saturated carbocycles. The van der Waals surface area contributed by atoms with Crippen LogP contribution in [0.25, 0.3) is 0 Å². The average Bonchev–Trinajstić information content (AvgIpc) is 2.80. The van der Waals surface area contributed by atoms with Crippen LogP contribution in [0.15, 0.2) is 0 Å². The molecular formula is C24H33I3N4O7. The highest BCUT2D eigenvalue weighted by Crippen LogP contribution is 2.40.